The van der Waals surface area contributed by atoms with Crippen molar-refractivity contribution in [2.45, 2.75) is 31.5 Å². The van der Waals surface area contributed by atoms with E-state index in [4.69, 9.17) is 4.74 Å². The molecule has 0 spiro atoms. The molecule has 132 valence electrons. The average molecular weight is 346 g/mol. The van der Waals surface area contributed by atoms with Crippen molar-refractivity contribution >= 4 is 23.4 Å². The molecule has 0 aromatic heterocycles. The summed E-state index contributed by atoms with van der Waals surface area (Å²) >= 11 is 0. The maximum Gasteiger partial charge on any atom is 0.235 e. The van der Waals surface area contributed by atoms with Gasteiger partial charge < -0.3 is 20.3 Å². The van der Waals surface area contributed by atoms with Crippen molar-refractivity contribution in [1.29, 1.82) is 0 Å². The van der Waals surface area contributed by atoms with E-state index in [0.717, 1.165) is 12.8 Å². The summed E-state index contributed by atoms with van der Waals surface area (Å²) in [5.74, 6) is -2.26. The molecule has 2 bridgehead atoms. The Morgan fingerprint density at radius 3 is 2.36 bits per heavy atom. The number of imide groups is 1. The molecule has 3 aliphatic rings. The summed E-state index contributed by atoms with van der Waals surface area (Å²) in [6.45, 7) is 0.0278. The Morgan fingerprint density at radius 2 is 1.76 bits per heavy atom. The molecule has 8 nitrogen and oxygen atoms in total. The molecule has 3 saturated heterocycles. The van der Waals surface area contributed by atoms with Crippen molar-refractivity contribution in [1.82, 2.24) is 4.90 Å². The Balaban J connectivity index is 1.36. The van der Waals surface area contributed by atoms with Gasteiger partial charge in [-0.1, -0.05) is 0 Å². The second-order valence-corrected chi connectivity index (χ2v) is 6.67. The topological polar surface area (TPSA) is 116 Å². The maximum absolute atomic E-state index is 12.5. The first-order valence-corrected chi connectivity index (χ1v) is 8.28. The van der Waals surface area contributed by atoms with E-state index in [1.165, 1.54) is 23.1 Å². The van der Waals surface area contributed by atoms with Crippen molar-refractivity contribution in [3.05, 3.63) is 18.2 Å². The third kappa shape index (κ3) is 2.53. The highest BCUT2D eigenvalue weighted by atomic mass is 16.5. The Morgan fingerprint density at radius 1 is 1.12 bits per heavy atom. The van der Waals surface area contributed by atoms with Crippen LogP contribution in [0.3, 0.4) is 0 Å². The predicted molar refractivity (Wildman–Crippen MR) is 84.6 cm³/mol. The molecule has 1 aromatic carbocycles. The van der Waals surface area contributed by atoms with Crippen LogP contribution in [0, 0.1) is 11.8 Å². The fourth-order valence-corrected chi connectivity index (χ4v) is 4.03. The van der Waals surface area contributed by atoms with E-state index in [9.17, 15) is 24.6 Å². The van der Waals surface area contributed by atoms with Crippen LogP contribution in [0.2, 0.25) is 0 Å². The second kappa shape index (κ2) is 5.73. The number of phenols is 2. The number of nitrogens with one attached hydrogen (secondary N) is 1. The lowest BCUT2D eigenvalue weighted by atomic mass is 9.81. The Kier molecular flexibility index (Phi) is 3.64. The number of likely N-dealkylation sites (tertiary alicyclic amines) is 1. The minimum absolute atomic E-state index is 0.0278. The van der Waals surface area contributed by atoms with E-state index >= 15 is 0 Å². The van der Waals surface area contributed by atoms with Crippen LogP contribution < -0.4 is 5.32 Å². The van der Waals surface area contributed by atoms with Crippen molar-refractivity contribution in [3.8, 4) is 11.5 Å². The number of carbonyl (C=O) groups excluding carboxylic acids is 3. The fourth-order valence-electron chi connectivity index (χ4n) is 4.03. The van der Waals surface area contributed by atoms with Gasteiger partial charge in [-0.05, 0) is 25.0 Å². The number of ether oxygens (including phenoxy) is 1. The molecule has 3 fully saturated rings. The highest BCUT2D eigenvalue weighted by molar-refractivity contribution is 6.06. The van der Waals surface area contributed by atoms with Crippen molar-refractivity contribution in [3.63, 3.8) is 0 Å². The molecule has 3 aliphatic heterocycles. The van der Waals surface area contributed by atoms with Crippen LogP contribution in [0.4, 0.5) is 5.69 Å². The van der Waals surface area contributed by atoms with E-state index in [-0.39, 0.29) is 66.2 Å². The smallest absolute Gasteiger partial charge is 0.235 e. The normalized spacial score (nSPS) is 30.0. The number of aromatic hydroxyl groups is 2. The van der Waals surface area contributed by atoms with Crippen molar-refractivity contribution in [2.24, 2.45) is 11.8 Å². The first-order valence-electron chi connectivity index (χ1n) is 8.28. The number of hydrogen-bond donors (Lipinski definition) is 3. The van der Waals surface area contributed by atoms with E-state index in [1.807, 2.05) is 0 Å². The van der Waals surface area contributed by atoms with Crippen LogP contribution in [0.25, 0.3) is 0 Å². The number of carbonyl (C=O) groups is 3. The van der Waals surface area contributed by atoms with E-state index < -0.39 is 0 Å². The molecule has 0 saturated carbocycles. The van der Waals surface area contributed by atoms with Gasteiger partial charge in [-0.2, -0.15) is 0 Å². The molecular weight excluding hydrogens is 328 g/mol. The highest BCUT2D eigenvalue weighted by Gasteiger charge is 2.62. The van der Waals surface area contributed by atoms with Crippen LogP contribution in [-0.4, -0.2) is 51.6 Å². The van der Waals surface area contributed by atoms with Crippen LogP contribution in [0.5, 0.6) is 11.5 Å². The first-order chi connectivity index (χ1) is 12.0. The van der Waals surface area contributed by atoms with Gasteiger partial charge in [-0.15, -0.1) is 0 Å². The maximum atomic E-state index is 12.5. The quantitative estimate of drug-likeness (QED) is 0.417. The van der Waals surface area contributed by atoms with Crippen LogP contribution >= 0.6 is 0 Å². The number of phenolic OH excluding ortho intramolecular Hbond substituents is 2. The molecule has 0 aliphatic carbocycles. The average Bonchev–Trinajstić information content (AvgIpc) is 3.24. The van der Waals surface area contributed by atoms with Gasteiger partial charge in [0, 0.05) is 24.7 Å². The summed E-state index contributed by atoms with van der Waals surface area (Å²) in [6.07, 6.45) is 1.26. The monoisotopic (exact) mass is 346 g/mol. The molecule has 3 heterocycles. The molecule has 0 radical (unpaired) electrons. The molecule has 4 unspecified atom stereocenters. The minimum atomic E-state index is -0.387. The lowest BCUT2D eigenvalue weighted by Crippen LogP contribution is -2.36. The number of anilines is 1. The molecule has 8 heteroatoms. The van der Waals surface area contributed by atoms with Gasteiger partial charge in [0.25, 0.3) is 0 Å². The van der Waals surface area contributed by atoms with Gasteiger partial charge in [0.2, 0.25) is 17.7 Å². The summed E-state index contributed by atoms with van der Waals surface area (Å²) in [5.41, 5.74) is 0.322. The number of hydrogen-bond acceptors (Lipinski definition) is 6. The summed E-state index contributed by atoms with van der Waals surface area (Å²) in [7, 11) is 0. The minimum Gasteiger partial charge on any atom is -0.504 e. The molecular formula is C17H18N2O6. The second-order valence-electron chi connectivity index (χ2n) is 6.67. The lowest BCUT2D eigenvalue weighted by Gasteiger charge is -2.17. The van der Waals surface area contributed by atoms with Crippen LogP contribution in [-0.2, 0) is 19.1 Å². The van der Waals surface area contributed by atoms with Gasteiger partial charge in [-0.3, -0.25) is 19.3 Å². The van der Waals surface area contributed by atoms with Crippen LogP contribution in [0.1, 0.15) is 19.3 Å². The number of nitrogens with zero attached hydrogens (tertiary/aromatic N) is 1. The highest BCUT2D eigenvalue weighted by Crippen LogP contribution is 2.48. The first kappa shape index (κ1) is 15.9. The molecule has 1 aromatic rings. The van der Waals surface area contributed by atoms with E-state index in [0.29, 0.717) is 5.69 Å². The van der Waals surface area contributed by atoms with Gasteiger partial charge >= 0.3 is 0 Å². The molecule has 3 N–H and O–H groups in total. The van der Waals surface area contributed by atoms with Gasteiger partial charge in [-0.25, -0.2) is 0 Å². The number of fused-ring (bicyclic) bond motifs is 5. The predicted octanol–water partition coefficient (Wildman–Crippen LogP) is 0.589. The summed E-state index contributed by atoms with van der Waals surface area (Å²) in [4.78, 5) is 38.2. The molecule has 4 rings (SSSR count). The third-order valence-electron chi connectivity index (χ3n) is 5.20. The third-order valence-corrected chi connectivity index (χ3v) is 5.20. The van der Waals surface area contributed by atoms with Crippen molar-refractivity contribution < 1.29 is 29.3 Å². The Hall–Kier alpha value is -2.61. The molecule has 3 amide bonds. The Bertz CT molecular complexity index is 736. The summed E-state index contributed by atoms with van der Waals surface area (Å²) in [5, 5.41) is 21.2. The zero-order chi connectivity index (χ0) is 17.7. The standard InChI is InChI=1S/C17H18N2O6/c20-9-2-1-8(7-10(9)21)18-13(22)5-6-19-16(23)14-11-3-4-12(25-11)15(14)17(19)24/h1-2,7,11-12,14-15,20-21H,3-6H2,(H,18,22). The van der Waals surface area contributed by atoms with E-state index in [2.05, 4.69) is 5.32 Å². The van der Waals surface area contributed by atoms with Crippen LogP contribution in [0.15, 0.2) is 18.2 Å². The number of rotatable bonds is 4. The van der Waals surface area contributed by atoms with Crippen molar-refractivity contribution in [2.75, 3.05) is 11.9 Å². The van der Waals surface area contributed by atoms with E-state index in [1.54, 1.807) is 0 Å². The molecule has 4 atom stereocenters. The van der Waals surface area contributed by atoms with Gasteiger partial charge in [0.1, 0.15) is 0 Å². The largest absolute Gasteiger partial charge is 0.504 e. The zero-order valence-electron chi connectivity index (χ0n) is 13.3. The zero-order valence-corrected chi connectivity index (χ0v) is 13.3. The van der Waals surface area contributed by atoms with Gasteiger partial charge in [0.05, 0.1) is 24.0 Å². The summed E-state index contributed by atoms with van der Waals surface area (Å²) < 4.78 is 5.66. The van der Waals surface area contributed by atoms with Gasteiger partial charge in [0.15, 0.2) is 11.5 Å². The Labute approximate surface area is 143 Å². The molecule has 25 heavy (non-hydrogen) atoms. The fraction of sp³-hybridized carbons (Fsp3) is 0.471. The lowest BCUT2D eigenvalue weighted by molar-refractivity contribution is -0.142. The number of benzene rings is 1. The number of amides is 3. The summed E-state index contributed by atoms with van der Waals surface area (Å²) in [6, 6.07) is 3.92. The SMILES string of the molecule is O=C(CCN1C(=O)C2C3CCC(O3)C2C1=O)Nc1ccc(O)c(O)c1.